The van der Waals surface area contributed by atoms with Crippen molar-refractivity contribution in [3.63, 3.8) is 0 Å². The van der Waals surface area contributed by atoms with E-state index in [1.165, 1.54) is 7.11 Å². The number of hydrogen-bond acceptors (Lipinski definition) is 4. The largest absolute Gasteiger partial charge is 0.465 e. The van der Waals surface area contributed by atoms with Crippen LogP contribution in [0.15, 0.2) is 47.6 Å². The number of anilines is 1. The molecule has 2 aromatic carbocycles. The summed E-state index contributed by atoms with van der Waals surface area (Å²) in [6.07, 6.45) is 1.56. The lowest BCUT2D eigenvalue weighted by atomic mass is 10.2. The smallest absolute Gasteiger partial charge is 0.337 e. The predicted octanol–water partition coefficient (Wildman–Crippen LogP) is 4.10. The predicted molar refractivity (Wildman–Crippen MR) is 101 cm³/mol. The summed E-state index contributed by atoms with van der Waals surface area (Å²) in [5, 5.41) is 8.12. The molecule has 0 saturated heterocycles. The summed E-state index contributed by atoms with van der Waals surface area (Å²) in [6, 6.07) is 11.9. The van der Waals surface area contributed by atoms with E-state index in [0.29, 0.717) is 21.3 Å². The van der Waals surface area contributed by atoms with E-state index in [4.69, 9.17) is 35.4 Å². The molecular weight excluding hydrogens is 369 g/mol. The second kappa shape index (κ2) is 8.63. The number of ether oxygens (including phenoxy) is 1. The highest BCUT2D eigenvalue weighted by atomic mass is 35.5. The Hall–Kier alpha value is -2.15. The first-order valence-electron chi connectivity index (χ1n) is 6.73. The molecule has 0 bridgehead atoms. The Morgan fingerprint density at radius 1 is 1.21 bits per heavy atom. The molecule has 5 nitrogen and oxygen atoms in total. The van der Waals surface area contributed by atoms with Gasteiger partial charge >= 0.3 is 5.97 Å². The Morgan fingerprint density at radius 3 is 2.71 bits per heavy atom. The summed E-state index contributed by atoms with van der Waals surface area (Å²) in [7, 11) is 1.33. The van der Waals surface area contributed by atoms with E-state index in [-0.39, 0.29) is 5.11 Å². The average molecular weight is 382 g/mol. The van der Waals surface area contributed by atoms with Gasteiger partial charge in [-0.3, -0.25) is 5.43 Å². The molecule has 0 fully saturated rings. The van der Waals surface area contributed by atoms with E-state index >= 15 is 0 Å². The Bertz CT molecular complexity index is 797. The molecule has 0 aromatic heterocycles. The zero-order valence-electron chi connectivity index (χ0n) is 12.5. The number of methoxy groups -OCH3 is 1. The molecule has 0 atom stereocenters. The topological polar surface area (TPSA) is 62.7 Å². The summed E-state index contributed by atoms with van der Waals surface area (Å²) in [5.41, 5.74) is 4.50. The molecule has 124 valence electrons. The first kappa shape index (κ1) is 18.2. The van der Waals surface area contributed by atoms with Crippen LogP contribution in [0.3, 0.4) is 0 Å². The van der Waals surface area contributed by atoms with Crippen LogP contribution in [-0.2, 0) is 4.74 Å². The van der Waals surface area contributed by atoms with Gasteiger partial charge < -0.3 is 10.1 Å². The van der Waals surface area contributed by atoms with Crippen LogP contribution in [-0.4, -0.2) is 24.4 Å². The Labute approximate surface area is 154 Å². The minimum absolute atomic E-state index is 0.272. The standard InChI is InChI=1S/C16H13Cl2N3O2S/c1-23-15(22)11-3-2-4-12(8-11)20-16(24)21-19-9-10-5-6-13(17)14(18)7-10/h2-9H,1H3,(H2,20,21,24). The summed E-state index contributed by atoms with van der Waals surface area (Å²) in [5.74, 6) is -0.421. The van der Waals surface area contributed by atoms with Gasteiger partial charge in [-0.2, -0.15) is 5.10 Å². The highest BCUT2D eigenvalue weighted by Gasteiger charge is 2.06. The van der Waals surface area contributed by atoms with Gasteiger partial charge in [0.15, 0.2) is 5.11 Å². The number of esters is 1. The normalized spacial score (nSPS) is 10.5. The molecule has 8 heteroatoms. The van der Waals surface area contributed by atoms with Crippen molar-refractivity contribution < 1.29 is 9.53 Å². The number of carbonyl (C=O) groups excluding carboxylic acids is 1. The highest BCUT2D eigenvalue weighted by molar-refractivity contribution is 7.80. The summed E-state index contributed by atoms with van der Waals surface area (Å²) >= 11 is 16.9. The number of nitrogens with one attached hydrogen (secondary N) is 2. The van der Waals surface area contributed by atoms with Crippen LogP contribution >= 0.6 is 35.4 Å². The minimum Gasteiger partial charge on any atom is -0.465 e. The van der Waals surface area contributed by atoms with Gasteiger partial charge in [-0.1, -0.05) is 35.3 Å². The zero-order chi connectivity index (χ0) is 17.5. The number of hydrazone groups is 1. The first-order valence-corrected chi connectivity index (χ1v) is 7.89. The summed E-state index contributed by atoms with van der Waals surface area (Å²) < 4.78 is 4.67. The third-order valence-corrected chi connectivity index (χ3v) is 3.80. The van der Waals surface area contributed by atoms with Crippen molar-refractivity contribution >= 4 is 58.4 Å². The van der Waals surface area contributed by atoms with Gasteiger partial charge in [-0.15, -0.1) is 0 Å². The number of rotatable bonds is 4. The SMILES string of the molecule is COC(=O)c1cccc(NC(=S)NN=Cc2ccc(Cl)c(Cl)c2)c1. The second-order valence-electron chi connectivity index (χ2n) is 4.57. The van der Waals surface area contributed by atoms with Crippen LogP contribution in [0.1, 0.15) is 15.9 Å². The van der Waals surface area contributed by atoms with Crippen LogP contribution in [0.2, 0.25) is 10.0 Å². The minimum atomic E-state index is -0.421. The van der Waals surface area contributed by atoms with Crippen molar-refractivity contribution in [2.45, 2.75) is 0 Å². The van der Waals surface area contributed by atoms with E-state index < -0.39 is 5.97 Å². The molecular formula is C16H13Cl2N3O2S. The first-order chi connectivity index (χ1) is 11.5. The zero-order valence-corrected chi connectivity index (χ0v) is 14.9. The Kier molecular flexibility index (Phi) is 6.54. The molecule has 0 heterocycles. The third kappa shape index (κ3) is 5.19. The molecule has 0 aliphatic carbocycles. The van der Waals surface area contributed by atoms with Crippen LogP contribution in [0.5, 0.6) is 0 Å². The lowest BCUT2D eigenvalue weighted by molar-refractivity contribution is 0.0601. The average Bonchev–Trinajstić information content (AvgIpc) is 2.57. The fraction of sp³-hybridized carbons (Fsp3) is 0.0625. The van der Waals surface area contributed by atoms with Gasteiger partial charge in [-0.25, -0.2) is 4.79 Å². The van der Waals surface area contributed by atoms with Gasteiger partial charge in [0.05, 0.1) is 28.9 Å². The summed E-state index contributed by atoms with van der Waals surface area (Å²) in [4.78, 5) is 11.5. The van der Waals surface area contributed by atoms with Crippen molar-refractivity contribution in [3.8, 4) is 0 Å². The van der Waals surface area contributed by atoms with Crippen molar-refractivity contribution in [3.05, 3.63) is 63.6 Å². The second-order valence-corrected chi connectivity index (χ2v) is 5.79. The maximum atomic E-state index is 11.5. The molecule has 0 spiro atoms. The summed E-state index contributed by atoms with van der Waals surface area (Å²) in [6.45, 7) is 0. The number of carbonyl (C=O) groups is 1. The molecule has 2 aromatic rings. The van der Waals surface area contributed by atoms with Crippen LogP contribution < -0.4 is 10.7 Å². The number of halogens is 2. The fourth-order valence-corrected chi connectivity index (χ4v) is 2.24. The molecule has 0 saturated carbocycles. The van der Waals surface area contributed by atoms with Crippen molar-refractivity contribution in [1.29, 1.82) is 0 Å². The lowest BCUT2D eigenvalue weighted by Gasteiger charge is -2.08. The van der Waals surface area contributed by atoms with Crippen molar-refractivity contribution in [2.75, 3.05) is 12.4 Å². The van der Waals surface area contributed by atoms with Crippen molar-refractivity contribution in [2.24, 2.45) is 5.10 Å². The maximum absolute atomic E-state index is 11.5. The van der Waals surface area contributed by atoms with Gasteiger partial charge in [0, 0.05) is 5.69 Å². The van der Waals surface area contributed by atoms with Crippen molar-refractivity contribution in [1.82, 2.24) is 5.43 Å². The van der Waals surface area contributed by atoms with Crippen LogP contribution in [0.25, 0.3) is 0 Å². The van der Waals surface area contributed by atoms with E-state index in [1.54, 1.807) is 48.7 Å². The highest BCUT2D eigenvalue weighted by Crippen LogP contribution is 2.21. The van der Waals surface area contributed by atoms with Gasteiger partial charge in [0.1, 0.15) is 0 Å². The molecule has 24 heavy (non-hydrogen) atoms. The van der Waals surface area contributed by atoms with Crippen LogP contribution in [0.4, 0.5) is 5.69 Å². The monoisotopic (exact) mass is 381 g/mol. The molecule has 0 aliphatic rings. The number of nitrogens with zero attached hydrogens (tertiary/aromatic N) is 1. The van der Waals surface area contributed by atoms with Gasteiger partial charge in [-0.05, 0) is 48.1 Å². The number of thiocarbonyl (C=S) groups is 1. The Balaban J connectivity index is 1.94. The number of benzene rings is 2. The van der Waals surface area contributed by atoms with E-state index in [9.17, 15) is 4.79 Å². The lowest BCUT2D eigenvalue weighted by Crippen LogP contribution is -2.24. The quantitative estimate of drug-likeness (QED) is 0.361. The maximum Gasteiger partial charge on any atom is 0.337 e. The van der Waals surface area contributed by atoms with E-state index in [2.05, 4.69) is 20.6 Å². The number of hydrogen-bond donors (Lipinski definition) is 2. The van der Waals surface area contributed by atoms with E-state index in [1.807, 2.05) is 0 Å². The fourth-order valence-electron chi connectivity index (χ4n) is 1.76. The molecule has 0 amide bonds. The molecule has 0 aliphatic heterocycles. The van der Waals surface area contributed by atoms with Gasteiger partial charge in [0.25, 0.3) is 0 Å². The van der Waals surface area contributed by atoms with Gasteiger partial charge in [0.2, 0.25) is 0 Å². The third-order valence-electron chi connectivity index (χ3n) is 2.86. The van der Waals surface area contributed by atoms with Crippen LogP contribution in [0, 0.1) is 0 Å². The molecule has 2 rings (SSSR count). The molecule has 0 radical (unpaired) electrons. The molecule has 0 unspecified atom stereocenters. The Morgan fingerprint density at radius 2 is 2.00 bits per heavy atom. The van der Waals surface area contributed by atoms with E-state index in [0.717, 1.165) is 5.56 Å². The molecule has 2 N–H and O–H groups in total.